The molecule has 31 heavy (non-hydrogen) atoms. The number of nitrogens with zero attached hydrogens (tertiary/aromatic N) is 4. The Balaban J connectivity index is 1.59. The van der Waals surface area contributed by atoms with Crippen molar-refractivity contribution in [2.24, 2.45) is 0 Å². The minimum absolute atomic E-state index is 0.0734. The van der Waals surface area contributed by atoms with E-state index in [1.807, 2.05) is 41.8 Å². The summed E-state index contributed by atoms with van der Waals surface area (Å²) in [4.78, 5) is 22.8. The fraction of sp³-hybridized carbons (Fsp3) is 0.250. The number of hydrogen-bond donors (Lipinski definition) is 1. The number of hydrogen-bond acceptors (Lipinski definition) is 8. The van der Waals surface area contributed by atoms with Gasteiger partial charge in [0, 0.05) is 24.4 Å². The Bertz CT molecular complexity index is 1060. The van der Waals surface area contributed by atoms with Crippen LogP contribution in [-0.2, 0) is 17.9 Å². The lowest BCUT2D eigenvalue weighted by molar-refractivity contribution is -0.385. The van der Waals surface area contributed by atoms with Crippen molar-refractivity contribution in [3.63, 3.8) is 0 Å². The molecule has 11 heteroatoms. The van der Waals surface area contributed by atoms with Gasteiger partial charge >= 0.3 is 5.69 Å². The molecular weight excluding hydrogens is 422 g/mol. The Morgan fingerprint density at radius 1 is 1.23 bits per heavy atom. The fourth-order valence-corrected chi connectivity index (χ4v) is 3.57. The van der Waals surface area contributed by atoms with Crippen LogP contribution in [0.4, 0.5) is 11.4 Å². The molecule has 0 bridgehead atoms. The molecule has 162 valence electrons. The van der Waals surface area contributed by atoms with Gasteiger partial charge in [0.1, 0.15) is 12.4 Å². The van der Waals surface area contributed by atoms with Gasteiger partial charge < -0.3 is 19.4 Å². The number of aromatic nitrogens is 3. The topological polar surface area (TPSA) is 121 Å². The maximum atomic E-state index is 12.3. The predicted molar refractivity (Wildman–Crippen MR) is 115 cm³/mol. The van der Waals surface area contributed by atoms with Crippen molar-refractivity contribution in [3.05, 3.63) is 64.5 Å². The number of carbonyl (C=O) groups is 1. The third kappa shape index (κ3) is 5.72. The van der Waals surface area contributed by atoms with Crippen molar-refractivity contribution < 1.29 is 19.2 Å². The normalized spacial score (nSPS) is 10.5. The molecule has 0 aliphatic carbocycles. The average Bonchev–Trinajstić information content (AvgIpc) is 3.18. The molecule has 3 rings (SSSR count). The Morgan fingerprint density at radius 3 is 2.68 bits per heavy atom. The highest BCUT2D eigenvalue weighted by Crippen LogP contribution is 2.29. The van der Waals surface area contributed by atoms with Gasteiger partial charge in [-0.25, -0.2) is 0 Å². The van der Waals surface area contributed by atoms with Gasteiger partial charge in [0.25, 0.3) is 0 Å². The van der Waals surface area contributed by atoms with Crippen molar-refractivity contribution >= 4 is 29.0 Å². The van der Waals surface area contributed by atoms with Crippen molar-refractivity contribution in [1.29, 1.82) is 0 Å². The first-order valence-corrected chi connectivity index (χ1v) is 10.4. The van der Waals surface area contributed by atoms with Crippen molar-refractivity contribution in [1.82, 2.24) is 14.8 Å². The molecule has 3 aromatic rings. The van der Waals surface area contributed by atoms with E-state index in [-0.39, 0.29) is 29.7 Å². The van der Waals surface area contributed by atoms with Crippen LogP contribution in [0.1, 0.15) is 12.7 Å². The van der Waals surface area contributed by atoms with Crippen LogP contribution in [0.15, 0.2) is 53.7 Å². The van der Waals surface area contributed by atoms with Crippen LogP contribution in [-0.4, -0.2) is 38.5 Å². The van der Waals surface area contributed by atoms with E-state index in [2.05, 4.69) is 15.5 Å². The molecule has 0 radical (unpaired) electrons. The summed E-state index contributed by atoms with van der Waals surface area (Å²) in [7, 11) is 1.33. The smallest absolute Gasteiger partial charge is 0.311 e. The van der Waals surface area contributed by atoms with Crippen LogP contribution in [0.25, 0.3) is 0 Å². The highest BCUT2D eigenvalue weighted by atomic mass is 32.2. The number of nitrogens with one attached hydrogen (secondary N) is 1. The molecule has 1 amide bonds. The van der Waals surface area contributed by atoms with Gasteiger partial charge in [-0.3, -0.25) is 14.9 Å². The number of benzene rings is 2. The van der Waals surface area contributed by atoms with E-state index < -0.39 is 4.92 Å². The molecule has 1 heterocycles. The number of nitro benzene ring substituents is 1. The number of nitro groups is 1. The SMILES string of the molecule is CCn1c(COc2ccccc2)nnc1SCC(=O)Nc1ccc([N+](=O)[O-])c(OC)c1. The summed E-state index contributed by atoms with van der Waals surface area (Å²) in [6.07, 6.45) is 0. The number of anilines is 1. The van der Waals surface area contributed by atoms with E-state index in [0.717, 1.165) is 5.75 Å². The number of para-hydroxylation sites is 1. The third-order valence-electron chi connectivity index (χ3n) is 4.21. The van der Waals surface area contributed by atoms with Crippen LogP contribution >= 0.6 is 11.8 Å². The van der Waals surface area contributed by atoms with E-state index in [9.17, 15) is 14.9 Å². The summed E-state index contributed by atoms with van der Waals surface area (Å²) < 4.78 is 12.6. The highest BCUT2D eigenvalue weighted by Gasteiger charge is 2.17. The fourth-order valence-electron chi connectivity index (χ4n) is 2.75. The number of ether oxygens (including phenoxy) is 2. The summed E-state index contributed by atoms with van der Waals surface area (Å²) in [5.74, 6) is 1.28. The molecule has 0 aliphatic heterocycles. The van der Waals surface area contributed by atoms with E-state index >= 15 is 0 Å². The van der Waals surface area contributed by atoms with Crippen molar-refractivity contribution in [3.8, 4) is 11.5 Å². The number of thioether (sulfide) groups is 1. The van der Waals surface area contributed by atoms with Crippen LogP contribution < -0.4 is 14.8 Å². The van der Waals surface area contributed by atoms with E-state index in [4.69, 9.17) is 9.47 Å². The Kier molecular flexibility index (Phi) is 7.44. The van der Waals surface area contributed by atoms with E-state index in [0.29, 0.717) is 23.2 Å². The Labute approximate surface area is 182 Å². The quantitative estimate of drug-likeness (QED) is 0.287. The summed E-state index contributed by atoms with van der Waals surface area (Å²) in [5, 5.41) is 22.6. The van der Waals surface area contributed by atoms with Gasteiger partial charge in [0.2, 0.25) is 5.91 Å². The van der Waals surface area contributed by atoms with Gasteiger partial charge in [0.15, 0.2) is 16.7 Å². The number of amides is 1. The van der Waals surface area contributed by atoms with Gasteiger partial charge in [-0.2, -0.15) is 0 Å². The molecule has 10 nitrogen and oxygen atoms in total. The molecule has 0 aliphatic rings. The second kappa shape index (κ2) is 10.4. The molecule has 0 atom stereocenters. The Morgan fingerprint density at radius 2 is 2.00 bits per heavy atom. The zero-order valence-corrected chi connectivity index (χ0v) is 17.8. The largest absolute Gasteiger partial charge is 0.490 e. The number of carbonyl (C=O) groups excluding carboxylic acids is 1. The Hall–Kier alpha value is -3.60. The zero-order chi connectivity index (χ0) is 22.2. The number of methoxy groups -OCH3 is 1. The molecule has 0 spiro atoms. The first-order valence-electron chi connectivity index (χ1n) is 9.36. The summed E-state index contributed by atoms with van der Waals surface area (Å²) in [6, 6.07) is 13.6. The first kappa shape index (κ1) is 22.1. The van der Waals surface area contributed by atoms with E-state index in [1.165, 1.54) is 37.1 Å². The van der Waals surface area contributed by atoms with Crippen molar-refractivity contribution in [2.45, 2.75) is 25.2 Å². The third-order valence-corrected chi connectivity index (χ3v) is 5.18. The van der Waals surface area contributed by atoms with Crippen LogP contribution in [0.5, 0.6) is 11.5 Å². The van der Waals surface area contributed by atoms with E-state index in [1.54, 1.807) is 0 Å². The van der Waals surface area contributed by atoms with Crippen LogP contribution in [0.3, 0.4) is 0 Å². The van der Waals surface area contributed by atoms with Crippen LogP contribution in [0, 0.1) is 10.1 Å². The minimum Gasteiger partial charge on any atom is -0.490 e. The molecule has 1 aromatic heterocycles. The first-order chi connectivity index (χ1) is 15.0. The maximum absolute atomic E-state index is 12.3. The molecule has 0 fully saturated rings. The van der Waals surface area contributed by atoms with Gasteiger partial charge in [-0.15, -0.1) is 10.2 Å². The molecule has 0 saturated heterocycles. The monoisotopic (exact) mass is 443 g/mol. The second-order valence-electron chi connectivity index (χ2n) is 6.23. The highest BCUT2D eigenvalue weighted by molar-refractivity contribution is 7.99. The molecule has 0 unspecified atom stereocenters. The van der Waals surface area contributed by atoms with Gasteiger partial charge in [0.05, 0.1) is 17.8 Å². The molecule has 1 N–H and O–H groups in total. The lowest BCUT2D eigenvalue weighted by atomic mass is 10.2. The van der Waals surface area contributed by atoms with Gasteiger partial charge in [-0.1, -0.05) is 30.0 Å². The van der Waals surface area contributed by atoms with Crippen LogP contribution in [0.2, 0.25) is 0 Å². The second-order valence-corrected chi connectivity index (χ2v) is 7.17. The zero-order valence-electron chi connectivity index (χ0n) is 17.0. The predicted octanol–water partition coefficient (Wildman–Crippen LogP) is 3.52. The average molecular weight is 443 g/mol. The lowest BCUT2D eigenvalue weighted by Crippen LogP contribution is -2.15. The standard InChI is InChI=1S/C20H21N5O5S/c1-3-24-18(12-30-15-7-5-4-6-8-15)22-23-20(24)31-13-19(26)21-14-9-10-16(25(27)28)17(11-14)29-2/h4-11H,3,12-13H2,1-2H3,(H,21,26). The van der Waals surface area contributed by atoms with Gasteiger partial charge in [-0.05, 0) is 25.1 Å². The van der Waals surface area contributed by atoms with Crippen molar-refractivity contribution in [2.75, 3.05) is 18.2 Å². The molecular formula is C20H21N5O5S. The number of rotatable bonds is 10. The molecule has 0 saturated carbocycles. The molecule has 2 aromatic carbocycles. The minimum atomic E-state index is -0.545. The summed E-state index contributed by atoms with van der Waals surface area (Å²) in [5.41, 5.74) is 0.234. The summed E-state index contributed by atoms with van der Waals surface area (Å²) >= 11 is 1.24. The lowest BCUT2D eigenvalue weighted by Gasteiger charge is -2.09. The summed E-state index contributed by atoms with van der Waals surface area (Å²) in [6.45, 7) is 2.85. The maximum Gasteiger partial charge on any atom is 0.311 e.